The molecular formula is C50H40ClNO5S. The molecule has 0 bridgehead atoms. The third-order valence-corrected chi connectivity index (χ3v) is 11.0. The quantitative estimate of drug-likeness (QED) is 0.104. The monoisotopic (exact) mass is 801 g/mol. The highest BCUT2D eigenvalue weighted by Gasteiger charge is 2.21. The van der Waals surface area contributed by atoms with Crippen LogP contribution in [-0.2, 0) is 24.5 Å². The molecule has 8 heteroatoms. The van der Waals surface area contributed by atoms with Crippen molar-refractivity contribution >= 4 is 44.7 Å². The first-order chi connectivity index (χ1) is 28.5. The summed E-state index contributed by atoms with van der Waals surface area (Å²) in [5.74, 6) is 2.13. The summed E-state index contributed by atoms with van der Waals surface area (Å²) >= 11 is 7.82. The molecule has 0 aliphatic carbocycles. The average molecular weight is 802 g/mol. The van der Waals surface area contributed by atoms with Crippen LogP contribution in [0.15, 0.2) is 170 Å². The minimum atomic E-state index is -0.382. The first kappa shape index (κ1) is 38.3. The van der Waals surface area contributed by atoms with Gasteiger partial charge in [-0.05, 0) is 82.8 Å². The molecule has 1 aromatic heterocycles. The lowest BCUT2D eigenvalue weighted by molar-refractivity contribution is 0.0527. The SMILES string of the molecule is CCOC(=O)c1ccccc1NCc1sc2cc(OCc3ccc(-c4ccccc4)cc3)c(OCc3ccc(-c4ccccc4)cc3)cc2c1Oc1ccc(Cl)cc1. The number of rotatable bonds is 15. The Balaban J connectivity index is 1.13. The van der Waals surface area contributed by atoms with Gasteiger partial charge in [-0.25, -0.2) is 4.79 Å². The summed E-state index contributed by atoms with van der Waals surface area (Å²) in [7, 11) is 0. The molecule has 1 N–H and O–H groups in total. The van der Waals surface area contributed by atoms with E-state index in [0.717, 1.165) is 48.3 Å². The van der Waals surface area contributed by atoms with Crippen LogP contribution in [0.4, 0.5) is 5.69 Å². The molecule has 0 saturated heterocycles. The van der Waals surface area contributed by atoms with Crippen molar-refractivity contribution in [2.75, 3.05) is 11.9 Å². The van der Waals surface area contributed by atoms with Crippen LogP contribution in [0.5, 0.6) is 23.0 Å². The molecule has 0 spiro atoms. The molecule has 6 nitrogen and oxygen atoms in total. The van der Waals surface area contributed by atoms with Crippen molar-refractivity contribution in [2.45, 2.75) is 26.7 Å². The van der Waals surface area contributed by atoms with Crippen LogP contribution in [-0.4, -0.2) is 12.6 Å². The fourth-order valence-corrected chi connectivity index (χ4v) is 7.78. The van der Waals surface area contributed by atoms with Crippen molar-refractivity contribution in [1.82, 2.24) is 0 Å². The lowest BCUT2D eigenvalue weighted by atomic mass is 10.0. The van der Waals surface area contributed by atoms with Crippen molar-refractivity contribution in [3.05, 3.63) is 196 Å². The third kappa shape index (κ3) is 9.18. The van der Waals surface area contributed by atoms with Crippen molar-refractivity contribution < 1.29 is 23.7 Å². The Bertz CT molecular complexity index is 2610. The van der Waals surface area contributed by atoms with E-state index in [2.05, 4.69) is 78.1 Å². The summed E-state index contributed by atoms with van der Waals surface area (Å²) in [5, 5.41) is 4.95. The van der Waals surface area contributed by atoms with E-state index in [1.54, 1.807) is 36.5 Å². The number of hydrogen-bond donors (Lipinski definition) is 1. The van der Waals surface area contributed by atoms with E-state index in [0.29, 0.717) is 59.0 Å². The van der Waals surface area contributed by atoms with E-state index in [9.17, 15) is 4.79 Å². The second-order valence-corrected chi connectivity index (χ2v) is 15.1. The molecule has 0 fully saturated rings. The van der Waals surface area contributed by atoms with Gasteiger partial charge in [0, 0.05) is 26.9 Å². The van der Waals surface area contributed by atoms with E-state index in [1.165, 1.54) is 0 Å². The first-order valence-electron chi connectivity index (χ1n) is 19.1. The number of nitrogens with one attached hydrogen (secondary N) is 1. The Morgan fingerprint density at radius 1 is 0.621 bits per heavy atom. The maximum atomic E-state index is 12.8. The van der Waals surface area contributed by atoms with Gasteiger partial charge < -0.3 is 24.3 Å². The van der Waals surface area contributed by atoms with Crippen LogP contribution in [0.3, 0.4) is 0 Å². The van der Waals surface area contributed by atoms with Gasteiger partial charge in [0.15, 0.2) is 17.2 Å². The molecule has 0 atom stereocenters. The summed E-state index contributed by atoms with van der Waals surface area (Å²) in [6.45, 7) is 3.15. The smallest absolute Gasteiger partial charge is 0.340 e. The van der Waals surface area contributed by atoms with Crippen LogP contribution >= 0.6 is 22.9 Å². The summed E-state index contributed by atoms with van der Waals surface area (Å²) < 4.78 is 26.1. The van der Waals surface area contributed by atoms with E-state index in [-0.39, 0.29) is 12.6 Å². The van der Waals surface area contributed by atoms with E-state index >= 15 is 0 Å². The highest BCUT2D eigenvalue weighted by molar-refractivity contribution is 7.19. The number of benzene rings is 7. The standard InChI is InChI=1S/C50H40ClNO5S/c1-2-54-50(53)42-15-9-10-16-44(42)52-31-48-49(57-41-27-25-40(51)26-28-41)43-29-45(55-32-34-17-21-38(22-18-34)36-11-5-3-6-12-36)46(30-47(43)58-48)56-33-35-19-23-39(24-20-35)37-13-7-4-8-14-37/h3-30,52H,2,31-33H2,1H3. The number of carbonyl (C=O) groups is 1. The number of esters is 1. The molecule has 0 saturated carbocycles. The number of carbonyl (C=O) groups excluding carboxylic acids is 1. The fourth-order valence-electron chi connectivity index (χ4n) is 6.58. The van der Waals surface area contributed by atoms with Gasteiger partial charge in [-0.1, -0.05) is 133 Å². The number of halogens is 1. The van der Waals surface area contributed by atoms with Gasteiger partial charge in [0.2, 0.25) is 0 Å². The average Bonchev–Trinajstić information content (AvgIpc) is 3.61. The maximum Gasteiger partial charge on any atom is 0.340 e. The first-order valence-corrected chi connectivity index (χ1v) is 20.3. The zero-order valence-electron chi connectivity index (χ0n) is 31.8. The largest absolute Gasteiger partial charge is 0.485 e. The van der Waals surface area contributed by atoms with Gasteiger partial charge in [0.25, 0.3) is 0 Å². The van der Waals surface area contributed by atoms with Crippen molar-refractivity contribution in [3.63, 3.8) is 0 Å². The molecule has 1 heterocycles. The summed E-state index contributed by atoms with van der Waals surface area (Å²) in [6.07, 6.45) is 0. The predicted molar refractivity (Wildman–Crippen MR) is 235 cm³/mol. The van der Waals surface area contributed by atoms with Crippen LogP contribution in [0.2, 0.25) is 5.02 Å². The molecule has 0 aliphatic heterocycles. The molecule has 0 radical (unpaired) electrons. The topological polar surface area (TPSA) is 66.0 Å². The Morgan fingerprint density at radius 2 is 1.16 bits per heavy atom. The Labute approximate surface area is 347 Å². The summed E-state index contributed by atoms with van der Waals surface area (Å²) in [4.78, 5) is 13.7. The Kier molecular flexibility index (Phi) is 12.0. The lowest BCUT2D eigenvalue weighted by Gasteiger charge is -2.15. The molecule has 8 rings (SSSR count). The number of hydrogen-bond acceptors (Lipinski definition) is 7. The molecular weight excluding hydrogens is 762 g/mol. The van der Waals surface area contributed by atoms with Gasteiger partial charge in [0.05, 0.1) is 23.6 Å². The van der Waals surface area contributed by atoms with Gasteiger partial charge in [0.1, 0.15) is 19.0 Å². The van der Waals surface area contributed by atoms with Crippen LogP contribution < -0.4 is 19.5 Å². The molecule has 8 aromatic rings. The second kappa shape index (κ2) is 18.2. The van der Waals surface area contributed by atoms with E-state index in [4.69, 9.17) is 30.5 Å². The molecule has 58 heavy (non-hydrogen) atoms. The molecule has 0 amide bonds. The Hall–Kier alpha value is -6.54. The number of fused-ring (bicyclic) bond motifs is 1. The van der Waals surface area contributed by atoms with Gasteiger partial charge in [-0.3, -0.25) is 0 Å². The van der Waals surface area contributed by atoms with Gasteiger partial charge in [-0.15, -0.1) is 11.3 Å². The van der Waals surface area contributed by atoms with E-state index in [1.807, 2.05) is 78.9 Å². The minimum absolute atomic E-state index is 0.287. The second-order valence-electron chi connectivity index (χ2n) is 13.5. The van der Waals surface area contributed by atoms with Crippen molar-refractivity contribution in [3.8, 4) is 45.3 Å². The molecule has 7 aromatic carbocycles. The lowest BCUT2D eigenvalue weighted by Crippen LogP contribution is -2.09. The van der Waals surface area contributed by atoms with Crippen molar-refractivity contribution in [1.29, 1.82) is 0 Å². The number of ether oxygens (including phenoxy) is 4. The molecule has 288 valence electrons. The summed E-state index contributed by atoms with van der Waals surface area (Å²) in [5.41, 5.74) is 7.80. The zero-order valence-corrected chi connectivity index (χ0v) is 33.4. The zero-order chi connectivity index (χ0) is 39.7. The highest BCUT2D eigenvalue weighted by atomic mass is 35.5. The summed E-state index contributed by atoms with van der Waals surface area (Å²) in [6, 6.07) is 56.1. The molecule has 0 aliphatic rings. The molecule has 0 unspecified atom stereocenters. The normalized spacial score (nSPS) is 10.9. The van der Waals surface area contributed by atoms with Gasteiger partial charge >= 0.3 is 5.97 Å². The maximum absolute atomic E-state index is 12.8. The van der Waals surface area contributed by atoms with Gasteiger partial charge in [-0.2, -0.15) is 0 Å². The highest BCUT2D eigenvalue weighted by Crippen LogP contribution is 2.46. The van der Waals surface area contributed by atoms with Crippen LogP contribution in [0.25, 0.3) is 32.3 Å². The van der Waals surface area contributed by atoms with Crippen molar-refractivity contribution in [2.24, 2.45) is 0 Å². The number of anilines is 1. The predicted octanol–water partition coefficient (Wildman–Crippen LogP) is 13.6. The fraction of sp³-hybridized carbons (Fsp3) is 0.100. The van der Waals surface area contributed by atoms with E-state index < -0.39 is 0 Å². The number of para-hydroxylation sites is 1. The Morgan fingerprint density at radius 3 is 1.74 bits per heavy atom. The minimum Gasteiger partial charge on any atom is -0.485 e. The van der Waals surface area contributed by atoms with Crippen LogP contribution in [0.1, 0.15) is 33.3 Å². The van der Waals surface area contributed by atoms with Crippen LogP contribution in [0, 0.1) is 0 Å². The number of thiophene rings is 1. The third-order valence-electron chi connectivity index (χ3n) is 9.58.